The summed E-state index contributed by atoms with van der Waals surface area (Å²) in [7, 11) is 1.50. The average molecular weight is 403 g/mol. The van der Waals surface area contributed by atoms with E-state index in [1.165, 1.54) is 36.3 Å². The molecule has 0 fully saturated rings. The number of pyridine rings is 1. The Hall–Kier alpha value is -4.00. The number of carbonyl (C=O) groups excluding carboxylic acids is 2. The van der Waals surface area contributed by atoms with Gasteiger partial charge in [0.05, 0.1) is 19.2 Å². The van der Waals surface area contributed by atoms with Crippen LogP contribution in [-0.4, -0.2) is 28.8 Å². The molecule has 1 aliphatic rings. The van der Waals surface area contributed by atoms with Crippen LogP contribution in [0.5, 0.6) is 5.75 Å². The number of imide groups is 1. The Morgan fingerprint density at radius 2 is 1.67 bits per heavy atom. The molecule has 0 radical (unpaired) electrons. The second-order valence-corrected chi connectivity index (χ2v) is 6.63. The minimum absolute atomic E-state index is 0.105. The van der Waals surface area contributed by atoms with Crippen LogP contribution in [0.25, 0.3) is 5.57 Å². The summed E-state index contributed by atoms with van der Waals surface area (Å²) < 4.78 is 18.7. The average Bonchev–Trinajstić information content (AvgIpc) is 3.00. The third-order valence-electron chi connectivity index (χ3n) is 4.75. The van der Waals surface area contributed by atoms with Crippen molar-refractivity contribution in [3.05, 3.63) is 95.7 Å². The van der Waals surface area contributed by atoms with E-state index in [0.717, 1.165) is 5.56 Å². The highest BCUT2D eigenvalue weighted by Gasteiger charge is 2.40. The molecule has 0 saturated heterocycles. The molecular formula is C23H18FN3O3. The van der Waals surface area contributed by atoms with Crippen molar-refractivity contribution < 1.29 is 18.7 Å². The van der Waals surface area contributed by atoms with Gasteiger partial charge in [0.25, 0.3) is 11.8 Å². The number of hydrogen-bond donors (Lipinski definition) is 1. The summed E-state index contributed by atoms with van der Waals surface area (Å²) in [5.74, 6) is -0.835. The fraction of sp³-hybridized carbons (Fsp3) is 0.0870. The van der Waals surface area contributed by atoms with Crippen LogP contribution in [0, 0.1) is 5.82 Å². The SMILES string of the molecule is COc1ccccc1C1=C(Nc2ccc(F)cc2)C(=O)N(Cc2ccncc2)C1=O. The molecule has 4 rings (SSSR count). The maximum Gasteiger partial charge on any atom is 0.278 e. The van der Waals surface area contributed by atoms with Gasteiger partial charge in [-0.15, -0.1) is 0 Å². The summed E-state index contributed by atoms with van der Waals surface area (Å²) in [4.78, 5) is 31.7. The number of benzene rings is 2. The zero-order valence-corrected chi connectivity index (χ0v) is 16.1. The van der Waals surface area contributed by atoms with E-state index in [4.69, 9.17) is 4.74 Å². The third-order valence-corrected chi connectivity index (χ3v) is 4.75. The van der Waals surface area contributed by atoms with E-state index in [1.54, 1.807) is 48.8 Å². The lowest BCUT2D eigenvalue weighted by molar-refractivity contribution is -0.137. The number of ether oxygens (including phenoxy) is 1. The van der Waals surface area contributed by atoms with Crippen LogP contribution in [0.3, 0.4) is 0 Å². The number of para-hydroxylation sites is 1. The number of halogens is 1. The van der Waals surface area contributed by atoms with Crippen LogP contribution in [0.15, 0.2) is 78.8 Å². The lowest BCUT2D eigenvalue weighted by Gasteiger charge is -2.15. The number of nitrogens with one attached hydrogen (secondary N) is 1. The Balaban J connectivity index is 1.78. The fourth-order valence-corrected chi connectivity index (χ4v) is 3.28. The normalized spacial score (nSPS) is 13.7. The maximum atomic E-state index is 13.3. The molecule has 3 aromatic rings. The van der Waals surface area contributed by atoms with E-state index >= 15 is 0 Å². The first-order valence-electron chi connectivity index (χ1n) is 9.24. The molecule has 1 N–H and O–H groups in total. The number of methoxy groups -OCH3 is 1. The molecule has 2 aromatic carbocycles. The molecule has 7 heteroatoms. The van der Waals surface area contributed by atoms with E-state index < -0.39 is 17.6 Å². The minimum atomic E-state index is -0.470. The van der Waals surface area contributed by atoms with Gasteiger partial charge in [-0.3, -0.25) is 19.5 Å². The van der Waals surface area contributed by atoms with Gasteiger partial charge in [0.15, 0.2) is 0 Å². The van der Waals surface area contributed by atoms with Crippen molar-refractivity contribution in [3.63, 3.8) is 0 Å². The molecule has 1 aromatic heterocycles. The minimum Gasteiger partial charge on any atom is -0.496 e. The van der Waals surface area contributed by atoms with Crippen molar-refractivity contribution >= 4 is 23.1 Å². The molecule has 0 unspecified atom stereocenters. The first-order valence-corrected chi connectivity index (χ1v) is 9.24. The summed E-state index contributed by atoms with van der Waals surface area (Å²) in [6.07, 6.45) is 3.21. The van der Waals surface area contributed by atoms with Crippen molar-refractivity contribution in [1.82, 2.24) is 9.88 Å². The Labute approximate surface area is 172 Å². The van der Waals surface area contributed by atoms with Gasteiger partial charge in [0.2, 0.25) is 0 Å². The van der Waals surface area contributed by atoms with Crippen molar-refractivity contribution in [2.75, 3.05) is 12.4 Å². The lowest BCUT2D eigenvalue weighted by Crippen LogP contribution is -2.32. The molecule has 150 valence electrons. The Bertz CT molecular complexity index is 1130. The zero-order valence-electron chi connectivity index (χ0n) is 16.1. The zero-order chi connectivity index (χ0) is 21.1. The number of rotatable bonds is 6. The highest BCUT2D eigenvalue weighted by molar-refractivity contribution is 6.36. The number of aromatic nitrogens is 1. The molecule has 0 atom stereocenters. The van der Waals surface area contributed by atoms with Gasteiger partial charge >= 0.3 is 0 Å². The van der Waals surface area contributed by atoms with E-state index in [1.807, 2.05) is 0 Å². The standard InChI is InChI=1S/C23H18FN3O3/c1-30-19-5-3-2-4-18(19)20-21(26-17-8-6-16(24)7-9-17)23(29)27(22(20)28)14-15-10-12-25-13-11-15/h2-13,26H,14H2,1H3. The van der Waals surface area contributed by atoms with Crippen LogP contribution in [-0.2, 0) is 16.1 Å². The summed E-state index contributed by atoms with van der Waals surface area (Å²) in [5.41, 5.74) is 2.08. The van der Waals surface area contributed by atoms with Crippen molar-refractivity contribution in [3.8, 4) is 5.75 Å². The monoisotopic (exact) mass is 403 g/mol. The predicted octanol–water partition coefficient (Wildman–Crippen LogP) is 3.62. The van der Waals surface area contributed by atoms with Gasteiger partial charge < -0.3 is 10.1 Å². The molecule has 0 bridgehead atoms. The van der Waals surface area contributed by atoms with E-state index in [0.29, 0.717) is 17.0 Å². The first-order chi connectivity index (χ1) is 14.6. The molecule has 0 aliphatic carbocycles. The summed E-state index contributed by atoms with van der Waals surface area (Å²) in [6.45, 7) is 0.105. The molecule has 2 heterocycles. The maximum absolute atomic E-state index is 13.3. The largest absolute Gasteiger partial charge is 0.496 e. The van der Waals surface area contributed by atoms with Gasteiger partial charge in [-0.2, -0.15) is 0 Å². The lowest BCUT2D eigenvalue weighted by atomic mass is 10.0. The molecule has 1 aliphatic heterocycles. The molecule has 30 heavy (non-hydrogen) atoms. The van der Waals surface area contributed by atoms with Gasteiger partial charge in [-0.25, -0.2) is 4.39 Å². The van der Waals surface area contributed by atoms with Crippen molar-refractivity contribution in [2.24, 2.45) is 0 Å². The van der Waals surface area contributed by atoms with Crippen LogP contribution < -0.4 is 10.1 Å². The molecular weight excluding hydrogens is 385 g/mol. The van der Waals surface area contributed by atoms with Gasteiger partial charge in [0, 0.05) is 23.6 Å². The van der Waals surface area contributed by atoms with Gasteiger partial charge in [0.1, 0.15) is 17.3 Å². The van der Waals surface area contributed by atoms with Crippen molar-refractivity contribution in [2.45, 2.75) is 6.54 Å². The molecule has 6 nitrogen and oxygen atoms in total. The summed E-state index contributed by atoms with van der Waals surface area (Å²) >= 11 is 0. The Kier molecular flexibility index (Phi) is 5.26. The predicted molar refractivity (Wildman–Crippen MR) is 110 cm³/mol. The number of amides is 2. The Morgan fingerprint density at radius 1 is 0.967 bits per heavy atom. The molecule has 2 amide bonds. The molecule has 0 spiro atoms. The van der Waals surface area contributed by atoms with E-state index in [9.17, 15) is 14.0 Å². The second kappa shape index (κ2) is 8.16. The fourth-order valence-electron chi connectivity index (χ4n) is 3.28. The smallest absolute Gasteiger partial charge is 0.278 e. The van der Waals surface area contributed by atoms with Crippen molar-refractivity contribution in [1.29, 1.82) is 0 Å². The number of hydrogen-bond acceptors (Lipinski definition) is 5. The van der Waals surface area contributed by atoms with Crippen LogP contribution in [0.1, 0.15) is 11.1 Å². The topological polar surface area (TPSA) is 71.5 Å². The Morgan fingerprint density at radius 3 is 2.37 bits per heavy atom. The number of carbonyl (C=O) groups is 2. The van der Waals surface area contributed by atoms with Crippen LogP contribution in [0.4, 0.5) is 10.1 Å². The number of nitrogens with zero attached hydrogens (tertiary/aromatic N) is 2. The third kappa shape index (κ3) is 3.65. The highest BCUT2D eigenvalue weighted by atomic mass is 19.1. The van der Waals surface area contributed by atoms with E-state index in [2.05, 4.69) is 10.3 Å². The van der Waals surface area contributed by atoms with Crippen LogP contribution in [0.2, 0.25) is 0 Å². The molecule has 0 saturated carbocycles. The van der Waals surface area contributed by atoms with Gasteiger partial charge in [-0.05, 0) is 48.0 Å². The summed E-state index contributed by atoms with van der Waals surface area (Å²) in [5, 5.41) is 3.00. The first kappa shape index (κ1) is 19.3. The summed E-state index contributed by atoms with van der Waals surface area (Å²) in [6, 6.07) is 16.1. The van der Waals surface area contributed by atoms with Gasteiger partial charge in [-0.1, -0.05) is 18.2 Å². The van der Waals surface area contributed by atoms with Crippen LogP contribution >= 0.6 is 0 Å². The highest BCUT2D eigenvalue weighted by Crippen LogP contribution is 2.35. The quantitative estimate of drug-likeness (QED) is 0.637. The second-order valence-electron chi connectivity index (χ2n) is 6.63. The van der Waals surface area contributed by atoms with E-state index in [-0.39, 0.29) is 17.8 Å². The number of anilines is 1.